The largest absolute Gasteiger partial charge is 0.494 e. The molecule has 0 aliphatic carbocycles. The van der Waals surface area contributed by atoms with E-state index in [2.05, 4.69) is 21.8 Å². The molecule has 0 fully saturated rings. The third kappa shape index (κ3) is 4.56. The summed E-state index contributed by atoms with van der Waals surface area (Å²) < 4.78 is 39.6. The van der Waals surface area contributed by atoms with E-state index in [0.29, 0.717) is 23.9 Å². The van der Waals surface area contributed by atoms with Crippen LogP contribution in [-0.4, -0.2) is 23.4 Å². The van der Waals surface area contributed by atoms with Crippen LogP contribution in [0.5, 0.6) is 11.5 Å². The first kappa shape index (κ1) is 17.8. The molecule has 0 aliphatic rings. The van der Waals surface area contributed by atoms with Crippen molar-refractivity contribution < 1.29 is 22.8 Å². The molecule has 0 amide bonds. The zero-order valence-corrected chi connectivity index (χ0v) is 14.2. The predicted molar refractivity (Wildman–Crippen MR) is 92.2 cm³/mol. The monoisotopic (exact) mass is 360 g/mol. The number of benzene rings is 2. The molecule has 0 spiro atoms. The smallest absolute Gasteiger partial charge is 0.387 e. The molecule has 0 bridgehead atoms. The molecule has 26 heavy (non-hydrogen) atoms. The Morgan fingerprint density at radius 3 is 2.27 bits per heavy atom. The Bertz CT molecular complexity index is 818. The van der Waals surface area contributed by atoms with Gasteiger partial charge in [0, 0.05) is 11.1 Å². The second-order valence-corrected chi connectivity index (χ2v) is 5.55. The van der Waals surface area contributed by atoms with Crippen LogP contribution in [0.1, 0.15) is 19.8 Å². The topological polar surface area (TPSA) is 57.4 Å². The summed E-state index contributed by atoms with van der Waals surface area (Å²) in [6.07, 6.45) is 2.09. The zero-order chi connectivity index (χ0) is 18.4. The maximum Gasteiger partial charge on any atom is 0.387 e. The Labute approximate surface area is 149 Å². The van der Waals surface area contributed by atoms with Gasteiger partial charge in [-0.05, 0) is 55.0 Å². The lowest BCUT2D eigenvalue weighted by atomic mass is 10.2. The van der Waals surface area contributed by atoms with Crippen molar-refractivity contribution in [1.29, 1.82) is 0 Å². The fourth-order valence-corrected chi connectivity index (χ4v) is 2.27. The van der Waals surface area contributed by atoms with Crippen molar-refractivity contribution >= 4 is 0 Å². The molecule has 7 heteroatoms. The van der Waals surface area contributed by atoms with E-state index in [1.165, 1.54) is 12.1 Å². The number of unbranched alkanes of at least 4 members (excludes halogenated alkanes) is 1. The van der Waals surface area contributed by atoms with Crippen molar-refractivity contribution in [3.63, 3.8) is 0 Å². The Morgan fingerprint density at radius 2 is 1.62 bits per heavy atom. The van der Waals surface area contributed by atoms with Gasteiger partial charge < -0.3 is 14.0 Å². The van der Waals surface area contributed by atoms with Crippen LogP contribution in [0.15, 0.2) is 53.1 Å². The number of ether oxygens (including phenoxy) is 2. The highest BCUT2D eigenvalue weighted by atomic mass is 19.3. The van der Waals surface area contributed by atoms with Crippen LogP contribution in [0, 0.1) is 0 Å². The highest BCUT2D eigenvalue weighted by Crippen LogP contribution is 2.25. The van der Waals surface area contributed by atoms with E-state index in [1.807, 2.05) is 24.3 Å². The van der Waals surface area contributed by atoms with Gasteiger partial charge in [0.25, 0.3) is 5.89 Å². The molecule has 1 aromatic heterocycles. The maximum absolute atomic E-state index is 12.2. The molecule has 5 nitrogen and oxygen atoms in total. The van der Waals surface area contributed by atoms with Gasteiger partial charge in [-0.3, -0.25) is 0 Å². The summed E-state index contributed by atoms with van der Waals surface area (Å²) in [6, 6.07) is 13.4. The minimum absolute atomic E-state index is 0.0751. The summed E-state index contributed by atoms with van der Waals surface area (Å²) in [5.74, 6) is 1.60. The fourth-order valence-electron chi connectivity index (χ4n) is 2.27. The molecule has 3 rings (SSSR count). The van der Waals surface area contributed by atoms with Crippen molar-refractivity contribution in [2.75, 3.05) is 6.61 Å². The van der Waals surface area contributed by atoms with Gasteiger partial charge in [-0.1, -0.05) is 18.5 Å². The summed E-state index contributed by atoms with van der Waals surface area (Å²) in [5.41, 5.74) is 1.41. The average molecular weight is 360 g/mol. The standard InChI is InChI=1S/C19H18F2N2O3/c1-2-3-12-24-15-8-6-14(7-9-15)18-22-17(23-26-18)13-4-10-16(11-5-13)25-19(20)21/h4-11,19H,2-3,12H2,1H3. The van der Waals surface area contributed by atoms with Gasteiger partial charge in [0.2, 0.25) is 5.82 Å². The lowest BCUT2D eigenvalue weighted by Gasteiger charge is -2.05. The molecule has 0 radical (unpaired) electrons. The van der Waals surface area contributed by atoms with E-state index in [9.17, 15) is 8.78 Å². The zero-order valence-electron chi connectivity index (χ0n) is 14.2. The molecule has 1 heterocycles. The quantitative estimate of drug-likeness (QED) is 0.518. The highest BCUT2D eigenvalue weighted by Gasteiger charge is 2.11. The van der Waals surface area contributed by atoms with Gasteiger partial charge in [-0.2, -0.15) is 13.8 Å². The van der Waals surface area contributed by atoms with Crippen molar-refractivity contribution in [3.05, 3.63) is 48.5 Å². The Morgan fingerprint density at radius 1 is 0.962 bits per heavy atom. The van der Waals surface area contributed by atoms with Crippen LogP contribution in [0.3, 0.4) is 0 Å². The van der Waals surface area contributed by atoms with Gasteiger partial charge in [0.05, 0.1) is 6.61 Å². The van der Waals surface area contributed by atoms with E-state index < -0.39 is 6.61 Å². The van der Waals surface area contributed by atoms with Gasteiger partial charge in [0.15, 0.2) is 0 Å². The predicted octanol–water partition coefficient (Wildman–Crippen LogP) is 5.18. The summed E-state index contributed by atoms with van der Waals surface area (Å²) >= 11 is 0. The molecular weight excluding hydrogens is 342 g/mol. The van der Waals surface area contributed by atoms with Crippen LogP contribution >= 0.6 is 0 Å². The average Bonchev–Trinajstić information content (AvgIpc) is 3.13. The van der Waals surface area contributed by atoms with Crippen LogP contribution < -0.4 is 9.47 Å². The molecule has 0 N–H and O–H groups in total. The van der Waals surface area contributed by atoms with Crippen molar-refractivity contribution in [2.45, 2.75) is 26.4 Å². The number of halogens is 2. The fraction of sp³-hybridized carbons (Fsp3) is 0.263. The molecule has 2 aromatic carbocycles. The first-order valence-electron chi connectivity index (χ1n) is 8.28. The first-order chi connectivity index (χ1) is 12.7. The molecule has 0 saturated heterocycles. The molecule has 3 aromatic rings. The van der Waals surface area contributed by atoms with Gasteiger partial charge in [-0.15, -0.1) is 0 Å². The van der Waals surface area contributed by atoms with E-state index in [0.717, 1.165) is 24.2 Å². The van der Waals surface area contributed by atoms with Crippen molar-refractivity contribution in [1.82, 2.24) is 10.1 Å². The first-order valence-corrected chi connectivity index (χ1v) is 8.28. The summed E-state index contributed by atoms with van der Waals surface area (Å²) in [4.78, 5) is 4.34. The van der Waals surface area contributed by atoms with Crippen molar-refractivity contribution in [3.8, 4) is 34.3 Å². The van der Waals surface area contributed by atoms with E-state index in [4.69, 9.17) is 9.26 Å². The van der Waals surface area contributed by atoms with Crippen LogP contribution in [0.4, 0.5) is 8.78 Å². The normalized spacial score (nSPS) is 10.9. The SMILES string of the molecule is CCCCOc1ccc(-c2nc(-c3ccc(OC(F)F)cc3)no2)cc1. The van der Waals surface area contributed by atoms with Crippen LogP contribution in [0.2, 0.25) is 0 Å². The maximum atomic E-state index is 12.2. The minimum Gasteiger partial charge on any atom is -0.494 e. The molecule has 0 aliphatic heterocycles. The Hall–Kier alpha value is -2.96. The third-order valence-corrected chi connectivity index (χ3v) is 3.63. The Balaban J connectivity index is 1.69. The Kier molecular flexibility index (Phi) is 5.78. The summed E-state index contributed by atoms with van der Waals surface area (Å²) in [5, 5.41) is 3.93. The molecule has 0 saturated carbocycles. The molecule has 136 valence electrons. The second-order valence-electron chi connectivity index (χ2n) is 5.55. The van der Waals surface area contributed by atoms with Crippen molar-refractivity contribution in [2.24, 2.45) is 0 Å². The summed E-state index contributed by atoms with van der Waals surface area (Å²) in [7, 11) is 0. The van der Waals surface area contributed by atoms with Gasteiger partial charge in [0.1, 0.15) is 11.5 Å². The molecule has 0 atom stereocenters. The van der Waals surface area contributed by atoms with E-state index in [-0.39, 0.29) is 5.75 Å². The van der Waals surface area contributed by atoms with Crippen LogP contribution in [-0.2, 0) is 0 Å². The number of aromatic nitrogens is 2. The van der Waals surface area contributed by atoms with Crippen LogP contribution in [0.25, 0.3) is 22.8 Å². The number of alkyl halides is 2. The lowest BCUT2D eigenvalue weighted by Crippen LogP contribution is -2.01. The minimum atomic E-state index is -2.86. The summed E-state index contributed by atoms with van der Waals surface area (Å²) in [6.45, 7) is -0.0586. The molecule has 0 unspecified atom stereocenters. The number of hydrogen-bond donors (Lipinski definition) is 0. The highest BCUT2D eigenvalue weighted by molar-refractivity contribution is 5.60. The second kappa shape index (κ2) is 8.42. The van der Waals surface area contributed by atoms with E-state index in [1.54, 1.807) is 12.1 Å². The number of nitrogens with zero attached hydrogens (tertiary/aromatic N) is 2. The van der Waals surface area contributed by atoms with E-state index >= 15 is 0 Å². The van der Waals surface area contributed by atoms with Gasteiger partial charge in [-0.25, -0.2) is 0 Å². The van der Waals surface area contributed by atoms with Gasteiger partial charge >= 0.3 is 6.61 Å². The number of rotatable bonds is 8. The molecular formula is C19H18F2N2O3. The lowest BCUT2D eigenvalue weighted by molar-refractivity contribution is -0.0498. The number of hydrogen-bond acceptors (Lipinski definition) is 5. The third-order valence-electron chi connectivity index (χ3n) is 3.63.